The van der Waals surface area contributed by atoms with E-state index in [1.807, 2.05) is 12.1 Å². The van der Waals surface area contributed by atoms with E-state index < -0.39 is 21.8 Å². The molecule has 0 aliphatic carbocycles. The van der Waals surface area contributed by atoms with Crippen molar-refractivity contribution in [2.24, 2.45) is 0 Å². The number of benzene rings is 2. The third-order valence-corrected chi connectivity index (χ3v) is 8.41. The van der Waals surface area contributed by atoms with Crippen LogP contribution in [0.2, 0.25) is 0 Å². The van der Waals surface area contributed by atoms with Crippen molar-refractivity contribution in [1.82, 2.24) is 4.98 Å². The summed E-state index contributed by atoms with van der Waals surface area (Å²) < 4.78 is 46.5. The van der Waals surface area contributed by atoms with Crippen molar-refractivity contribution in [1.29, 1.82) is 0 Å². The first-order valence-electron chi connectivity index (χ1n) is 14.6. The third-order valence-electron chi connectivity index (χ3n) is 6.90. The molecule has 0 saturated carbocycles. The van der Waals surface area contributed by atoms with Crippen LogP contribution in [-0.2, 0) is 42.0 Å². The Morgan fingerprint density at radius 1 is 0.795 bits per heavy atom. The lowest BCUT2D eigenvalue weighted by Gasteiger charge is -2.11. The molecule has 0 radical (unpaired) electrons. The number of esters is 2. The second-order valence-electron chi connectivity index (χ2n) is 10.3. The molecule has 1 aromatic heterocycles. The van der Waals surface area contributed by atoms with Crippen molar-refractivity contribution in [3.8, 4) is 11.5 Å². The summed E-state index contributed by atoms with van der Waals surface area (Å²) in [7, 11) is 0.580. The molecule has 0 fully saturated rings. The quantitative estimate of drug-likeness (QED) is 0.0935. The number of nitrogens with zero attached hydrogens (tertiary/aromatic N) is 1. The zero-order chi connectivity index (χ0) is 31.8. The molecule has 0 spiro atoms. The highest BCUT2D eigenvalue weighted by Crippen LogP contribution is 2.22. The van der Waals surface area contributed by atoms with Gasteiger partial charge < -0.3 is 18.9 Å². The van der Waals surface area contributed by atoms with Gasteiger partial charge in [-0.2, -0.15) is 0 Å². The van der Waals surface area contributed by atoms with Gasteiger partial charge in [-0.05, 0) is 72.9 Å². The summed E-state index contributed by atoms with van der Waals surface area (Å²) in [4.78, 5) is 28.0. The molecule has 0 aliphatic heterocycles. The van der Waals surface area contributed by atoms with Gasteiger partial charge in [0.25, 0.3) is 0 Å². The first-order valence-corrected chi connectivity index (χ1v) is 16.4. The second-order valence-corrected chi connectivity index (χ2v) is 12.4. The molecule has 0 unspecified atom stereocenters. The molecule has 1 heterocycles. The standard InChI is InChI=1S/C34H41NO8S/c1-40-30-17-14-26(15-18-30)11-8-6-4-5-7-9-22-43-32-20-16-29(35-31(32)19-21-33(36)41-2)25-44(38,39)24-27-12-10-13-28(23-27)34(37)42-3/h10,12-21,23H,4-9,11,22,24-25H2,1-3H3/b21-19+. The van der Waals surface area contributed by atoms with Gasteiger partial charge in [-0.25, -0.2) is 23.0 Å². The number of aryl methyl sites for hydroxylation is 1. The van der Waals surface area contributed by atoms with Crippen LogP contribution >= 0.6 is 0 Å². The van der Waals surface area contributed by atoms with Crippen molar-refractivity contribution in [2.75, 3.05) is 27.9 Å². The lowest BCUT2D eigenvalue weighted by Crippen LogP contribution is -2.11. The van der Waals surface area contributed by atoms with E-state index in [2.05, 4.69) is 21.9 Å². The Balaban J connectivity index is 1.50. The maximum Gasteiger partial charge on any atom is 0.337 e. The summed E-state index contributed by atoms with van der Waals surface area (Å²) >= 11 is 0. The Morgan fingerprint density at radius 2 is 1.52 bits per heavy atom. The van der Waals surface area contributed by atoms with Crippen molar-refractivity contribution in [3.05, 3.63) is 94.8 Å². The molecule has 0 amide bonds. The first-order chi connectivity index (χ1) is 21.2. The molecule has 3 rings (SSSR count). The van der Waals surface area contributed by atoms with E-state index in [1.54, 1.807) is 37.4 Å². The smallest absolute Gasteiger partial charge is 0.337 e. The summed E-state index contributed by atoms with van der Waals surface area (Å²) in [6.07, 6.45) is 10.2. The van der Waals surface area contributed by atoms with Crippen LogP contribution < -0.4 is 9.47 Å². The average Bonchev–Trinajstić information content (AvgIpc) is 3.03. The van der Waals surface area contributed by atoms with Crippen LogP contribution in [-0.4, -0.2) is 53.3 Å². The fourth-order valence-corrected chi connectivity index (χ4v) is 5.99. The van der Waals surface area contributed by atoms with Gasteiger partial charge in [-0.3, -0.25) is 0 Å². The molecule has 0 N–H and O–H groups in total. The molecule has 0 bridgehead atoms. The molecule has 3 aromatic rings. The van der Waals surface area contributed by atoms with E-state index in [0.29, 0.717) is 29.3 Å². The number of carbonyl (C=O) groups excluding carboxylic acids is 2. The maximum absolute atomic E-state index is 13.0. The average molecular weight is 624 g/mol. The fraction of sp³-hybridized carbons (Fsp3) is 0.382. The summed E-state index contributed by atoms with van der Waals surface area (Å²) in [6.45, 7) is 0.473. The van der Waals surface area contributed by atoms with E-state index in [-0.39, 0.29) is 17.1 Å². The highest BCUT2D eigenvalue weighted by atomic mass is 32.2. The van der Waals surface area contributed by atoms with E-state index in [1.165, 1.54) is 44.4 Å². The Hall–Kier alpha value is -4.18. The predicted molar refractivity (Wildman–Crippen MR) is 169 cm³/mol. The van der Waals surface area contributed by atoms with Crippen molar-refractivity contribution < 1.29 is 37.0 Å². The number of rotatable bonds is 18. The van der Waals surface area contributed by atoms with Crippen LogP contribution in [0.15, 0.2) is 66.7 Å². The Labute approximate surface area is 260 Å². The van der Waals surface area contributed by atoms with Gasteiger partial charge in [-0.15, -0.1) is 0 Å². The van der Waals surface area contributed by atoms with Crippen molar-refractivity contribution >= 4 is 27.9 Å². The molecule has 9 nitrogen and oxygen atoms in total. The van der Waals surface area contributed by atoms with Gasteiger partial charge in [0.1, 0.15) is 17.2 Å². The van der Waals surface area contributed by atoms with Crippen LogP contribution in [0.5, 0.6) is 11.5 Å². The molecule has 236 valence electrons. The fourth-order valence-electron chi connectivity index (χ4n) is 4.59. The van der Waals surface area contributed by atoms with Crippen LogP contribution in [0.1, 0.15) is 71.4 Å². The number of sulfone groups is 1. The molecule has 0 aliphatic rings. The van der Waals surface area contributed by atoms with Gasteiger partial charge in [0, 0.05) is 6.08 Å². The lowest BCUT2D eigenvalue weighted by molar-refractivity contribution is -0.134. The van der Waals surface area contributed by atoms with Gasteiger partial charge in [0.2, 0.25) is 0 Å². The zero-order valence-corrected chi connectivity index (χ0v) is 26.4. The number of ether oxygens (including phenoxy) is 4. The lowest BCUT2D eigenvalue weighted by atomic mass is 10.0. The third kappa shape index (κ3) is 11.8. The van der Waals surface area contributed by atoms with Gasteiger partial charge >= 0.3 is 11.9 Å². The van der Waals surface area contributed by atoms with Crippen LogP contribution in [0, 0.1) is 0 Å². The van der Waals surface area contributed by atoms with Gasteiger partial charge in [-0.1, -0.05) is 49.9 Å². The van der Waals surface area contributed by atoms with Crippen molar-refractivity contribution in [3.63, 3.8) is 0 Å². The number of hydrogen-bond acceptors (Lipinski definition) is 9. The number of carbonyl (C=O) groups is 2. The zero-order valence-electron chi connectivity index (χ0n) is 25.6. The summed E-state index contributed by atoms with van der Waals surface area (Å²) in [5.74, 6) is -0.368. The van der Waals surface area contributed by atoms with E-state index in [0.717, 1.165) is 44.3 Å². The molecular weight excluding hydrogens is 582 g/mol. The monoisotopic (exact) mass is 623 g/mol. The van der Waals surface area contributed by atoms with Gasteiger partial charge in [0.15, 0.2) is 9.84 Å². The largest absolute Gasteiger partial charge is 0.497 e. The number of unbranched alkanes of at least 4 members (excludes halogenated alkanes) is 5. The van der Waals surface area contributed by atoms with Crippen LogP contribution in [0.25, 0.3) is 6.08 Å². The minimum absolute atomic E-state index is 0.271. The van der Waals surface area contributed by atoms with Crippen molar-refractivity contribution in [2.45, 2.75) is 56.5 Å². The highest BCUT2D eigenvalue weighted by molar-refractivity contribution is 7.89. The molecule has 0 saturated heterocycles. The molecule has 44 heavy (non-hydrogen) atoms. The molecule has 10 heteroatoms. The van der Waals surface area contributed by atoms with E-state index in [4.69, 9.17) is 14.2 Å². The Morgan fingerprint density at radius 3 is 2.23 bits per heavy atom. The van der Waals surface area contributed by atoms with Crippen LogP contribution in [0.3, 0.4) is 0 Å². The normalized spacial score (nSPS) is 11.3. The molecule has 2 aromatic carbocycles. The topological polar surface area (TPSA) is 118 Å². The SMILES string of the molecule is COC(=O)/C=C/c1nc(CS(=O)(=O)Cc2cccc(C(=O)OC)c2)ccc1OCCCCCCCCc1ccc(OC)cc1. The molecule has 0 atom stereocenters. The summed E-state index contributed by atoms with van der Waals surface area (Å²) in [5, 5.41) is 0. The second kappa shape index (κ2) is 17.8. The summed E-state index contributed by atoms with van der Waals surface area (Å²) in [5.41, 5.74) is 2.71. The van der Waals surface area contributed by atoms with Gasteiger partial charge in [0.05, 0.1) is 50.7 Å². The Bertz CT molecular complexity index is 1500. The molecular formula is C34H41NO8S. The minimum atomic E-state index is -3.63. The number of methoxy groups -OCH3 is 3. The number of aromatic nitrogens is 1. The highest BCUT2D eigenvalue weighted by Gasteiger charge is 2.17. The van der Waals surface area contributed by atoms with E-state index >= 15 is 0 Å². The summed E-state index contributed by atoms with van der Waals surface area (Å²) in [6, 6.07) is 17.8. The first kappa shape index (κ1) is 34.3. The number of pyridine rings is 1. The van der Waals surface area contributed by atoms with E-state index in [9.17, 15) is 18.0 Å². The predicted octanol–water partition coefficient (Wildman–Crippen LogP) is 6.14. The Kier molecular flexibility index (Phi) is 13.9. The number of hydrogen-bond donors (Lipinski definition) is 0. The minimum Gasteiger partial charge on any atom is -0.497 e. The maximum atomic E-state index is 13.0. The van der Waals surface area contributed by atoms with Crippen LogP contribution in [0.4, 0.5) is 0 Å².